The minimum atomic E-state index is -0.968. The lowest BCUT2D eigenvalue weighted by Gasteiger charge is -2.50. The molecular weight excluding hydrogens is 472 g/mol. The van der Waals surface area contributed by atoms with Gasteiger partial charge < -0.3 is 14.8 Å². The number of amides is 2. The number of alkyl carbamates (subject to hydrolysis) is 1. The molecule has 37 heavy (non-hydrogen) atoms. The summed E-state index contributed by atoms with van der Waals surface area (Å²) < 4.78 is 10.2. The quantitative estimate of drug-likeness (QED) is 0.373. The average molecular weight is 507 g/mol. The van der Waals surface area contributed by atoms with Crippen molar-refractivity contribution in [2.45, 2.75) is 46.3 Å². The van der Waals surface area contributed by atoms with Crippen LogP contribution in [0.1, 0.15) is 38.3 Å². The Hall–Kier alpha value is -3.94. The highest BCUT2D eigenvalue weighted by atomic mass is 16.5. The van der Waals surface area contributed by atoms with Crippen molar-refractivity contribution in [1.82, 2.24) is 10.6 Å². The maximum absolute atomic E-state index is 13.4. The second kappa shape index (κ2) is 12.3. The molecule has 0 heterocycles. The maximum Gasteiger partial charge on any atom is 0.412 e. The van der Waals surface area contributed by atoms with Gasteiger partial charge in [0.25, 0.3) is 5.91 Å². The predicted octanol–water partition coefficient (Wildman–Crippen LogP) is 3.95. The fourth-order valence-electron chi connectivity index (χ4n) is 4.60. The first-order valence-corrected chi connectivity index (χ1v) is 12.2. The molecule has 0 radical (unpaired) electrons. The zero-order valence-corrected chi connectivity index (χ0v) is 21.7. The molecule has 0 bridgehead atoms. The molecule has 1 aliphatic rings. The van der Waals surface area contributed by atoms with E-state index in [1.165, 1.54) is 7.11 Å². The zero-order chi connectivity index (χ0) is 27.0. The number of carbonyl (C=O) groups excluding carboxylic acids is 4. The first-order valence-electron chi connectivity index (χ1n) is 12.2. The van der Waals surface area contributed by atoms with Gasteiger partial charge in [-0.2, -0.15) is 0 Å². The second-order valence-corrected chi connectivity index (χ2v) is 9.83. The van der Waals surface area contributed by atoms with Crippen LogP contribution in [0.5, 0.6) is 0 Å². The molecule has 0 saturated heterocycles. The Morgan fingerprint density at radius 3 is 2.14 bits per heavy atom. The average Bonchev–Trinajstić information content (AvgIpc) is 2.88. The smallest absolute Gasteiger partial charge is 0.412 e. The number of allylic oxidation sites excluding steroid dienone is 1. The van der Waals surface area contributed by atoms with Gasteiger partial charge in [0.15, 0.2) is 0 Å². The number of methoxy groups -OCH3 is 1. The van der Waals surface area contributed by atoms with Crippen LogP contribution in [-0.4, -0.2) is 36.9 Å². The van der Waals surface area contributed by atoms with Gasteiger partial charge in [-0.25, -0.2) is 9.59 Å². The standard InChI is InChI=1S/C29H34N2O6/c1-19(32)23-16-22(29(23,2)3)17-24(31-28(35)37-18-21-13-9-6-10-14-21)26(33)30-25(27(34)36-4)15-20-11-7-5-8-12-20/h5-14,17,22-23,25H,15-16,18H2,1-4H3,(H,30,33)(H,31,35)/b24-17-/t22-,23+,25?/m1/s1. The Labute approximate surface area is 217 Å². The van der Waals surface area contributed by atoms with Crippen molar-refractivity contribution in [3.05, 3.63) is 83.6 Å². The third kappa shape index (κ3) is 7.29. The number of rotatable bonds is 10. The van der Waals surface area contributed by atoms with Crippen molar-refractivity contribution < 1.29 is 28.7 Å². The zero-order valence-electron chi connectivity index (χ0n) is 21.7. The van der Waals surface area contributed by atoms with Gasteiger partial charge >= 0.3 is 12.1 Å². The number of benzene rings is 2. The Bertz CT molecular complexity index is 1140. The third-order valence-electron chi connectivity index (χ3n) is 6.97. The summed E-state index contributed by atoms with van der Waals surface area (Å²) in [6, 6.07) is 17.4. The summed E-state index contributed by atoms with van der Waals surface area (Å²) in [6.45, 7) is 5.50. The molecule has 2 aromatic carbocycles. The molecule has 3 atom stereocenters. The van der Waals surface area contributed by atoms with Crippen LogP contribution in [0, 0.1) is 17.3 Å². The molecule has 3 rings (SSSR count). The van der Waals surface area contributed by atoms with E-state index in [1.807, 2.05) is 74.5 Å². The molecule has 0 spiro atoms. The number of hydrogen-bond donors (Lipinski definition) is 2. The summed E-state index contributed by atoms with van der Waals surface area (Å²) in [5, 5.41) is 5.24. The van der Waals surface area contributed by atoms with Gasteiger partial charge in [-0.05, 0) is 35.8 Å². The van der Waals surface area contributed by atoms with E-state index in [1.54, 1.807) is 13.0 Å². The third-order valence-corrected chi connectivity index (χ3v) is 6.97. The van der Waals surface area contributed by atoms with Crippen LogP contribution in [-0.2, 0) is 36.9 Å². The topological polar surface area (TPSA) is 111 Å². The van der Waals surface area contributed by atoms with Gasteiger partial charge in [0.05, 0.1) is 7.11 Å². The van der Waals surface area contributed by atoms with Crippen molar-refractivity contribution in [3.8, 4) is 0 Å². The molecule has 0 aromatic heterocycles. The Kier molecular flexibility index (Phi) is 9.22. The molecule has 2 N–H and O–H groups in total. The number of carbonyl (C=O) groups is 4. The number of Topliss-reactive ketones (excluding diaryl/α,β-unsaturated/α-hetero) is 1. The van der Waals surface area contributed by atoms with E-state index < -0.39 is 29.4 Å². The summed E-state index contributed by atoms with van der Waals surface area (Å²) in [5.74, 6) is -1.44. The first-order chi connectivity index (χ1) is 17.6. The molecule has 196 valence electrons. The highest BCUT2D eigenvalue weighted by molar-refractivity contribution is 5.98. The molecule has 1 fully saturated rings. The summed E-state index contributed by atoms with van der Waals surface area (Å²) in [5.41, 5.74) is 1.20. The molecule has 2 aromatic rings. The highest BCUT2D eigenvalue weighted by Crippen LogP contribution is 2.52. The molecule has 8 heteroatoms. The fraction of sp³-hybridized carbons (Fsp3) is 0.379. The van der Waals surface area contributed by atoms with Crippen molar-refractivity contribution in [3.63, 3.8) is 0 Å². The summed E-state index contributed by atoms with van der Waals surface area (Å²) in [7, 11) is 1.25. The minimum absolute atomic E-state index is 0.0295. The van der Waals surface area contributed by atoms with E-state index >= 15 is 0 Å². The van der Waals surface area contributed by atoms with Crippen LogP contribution in [0.3, 0.4) is 0 Å². The van der Waals surface area contributed by atoms with Crippen LogP contribution >= 0.6 is 0 Å². The van der Waals surface area contributed by atoms with Crippen LogP contribution in [0.2, 0.25) is 0 Å². The lowest BCUT2D eigenvalue weighted by Crippen LogP contribution is -2.49. The SMILES string of the molecule is COC(=O)C(Cc1ccccc1)NC(=O)/C(=C/[C@H]1C[C@@H](C(C)=O)C1(C)C)NC(=O)OCc1ccccc1. The largest absolute Gasteiger partial charge is 0.467 e. The van der Waals surface area contributed by atoms with Crippen molar-refractivity contribution in [1.29, 1.82) is 0 Å². The van der Waals surface area contributed by atoms with E-state index in [2.05, 4.69) is 10.6 Å². The minimum Gasteiger partial charge on any atom is -0.467 e. The number of ketones is 1. The van der Waals surface area contributed by atoms with Crippen molar-refractivity contribution >= 4 is 23.8 Å². The highest BCUT2D eigenvalue weighted by Gasteiger charge is 2.49. The molecule has 8 nitrogen and oxygen atoms in total. The monoisotopic (exact) mass is 506 g/mol. The summed E-state index contributed by atoms with van der Waals surface area (Å²) in [6.07, 6.45) is 1.62. The van der Waals surface area contributed by atoms with Gasteiger partial charge in [-0.15, -0.1) is 0 Å². The lowest BCUT2D eigenvalue weighted by atomic mass is 9.53. The molecule has 1 unspecified atom stereocenters. The number of ether oxygens (including phenoxy) is 2. The van der Waals surface area contributed by atoms with Gasteiger partial charge in [0, 0.05) is 12.3 Å². The van der Waals surface area contributed by atoms with E-state index in [9.17, 15) is 19.2 Å². The maximum atomic E-state index is 13.4. The van der Waals surface area contributed by atoms with Crippen LogP contribution < -0.4 is 10.6 Å². The number of hydrogen-bond acceptors (Lipinski definition) is 6. The molecule has 2 amide bonds. The van der Waals surface area contributed by atoms with Crippen molar-refractivity contribution in [2.24, 2.45) is 17.3 Å². The van der Waals surface area contributed by atoms with E-state index in [0.717, 1.165) is 11.1 Å². The molecular formula is C29H34N2O6. The van der Waals surface area contributed by atoms with Crippen molar-refractivity contribution in [2.75, 3.05) is 7.11 Å². The fourth-order valence-corrected chi connectivity index (χ4v) is 4.60. The van der Waals surface area contributed by atoms with E-state index in [0.29, 0.717) is 6.42 Å². The normalized spacial score (nSPS) is 19.1. The predicted molar refractivity (Wildman–Crippen MR) is 138 cm³/mol. The molecule has 1 aliphatic carbocycles. The second-order valence-electron chi connectivity index (χ2n) is 9.83. The van der Waals surface area contributed by atoms with Crippen LogP contribution in [0.4, 0.5) is 4.79 Å². The van der Waals surface area contributed by atoms with Gasteiger partial charge in [-0.3, -0.25) is 14.9 Å². The molecule has 1 saturated carbocycles. The Morgan fingerprint density at radius 2 is 1.59 bits per heavy atom. The van der Waals surface area contributed by atoms with Gasteiger partial charge in [-0.1, -0.05) is 80.6 Å². The lowest BCUT2D eigenvalue weighted by molar-refractivity contribution is -0.144. The van der Waals surface area contributed by atoms with Gasteiger partial charge in [0.2, 0.25) is 0 Å². The summed E-state index contributed by atoms with van der Waals surface area (Å²) >= 11 is 0. The van der Waals surface area contributed by atoms with E-state index in [4.69, 9.17) is 9.47 Å². The Balaban J connectivity index is 1.78. The van der Waals surface area contributed by atoms with Crippen LogP contribution in [0.15, 0.2) is 72.4 Å². The number of nitrogens with one attached hydrogen (secondary N) is 2. The van der Waals surface area contributed by atoms with E-state index in [-0.39, 0.29) is 36.3 Å². The first kappa shape index (κ1) is 27.6. The van der Waals surface area contributed by atoms with Gasteiger partial charge in [0.1, 0.15) is 24.1 Å². The van der Waals surface area contributed by atoms with Crippen LogP contribution in [0.25, 0.3) is 0 Å². The number of esters is 1. The molecule has 0 aliphatic heterocycles. The summed E-state index contributed by atoms with van der Waals surface area (Å²) in [4.78, 5) is 50.4. The Morgan fingerprint density at radius 1 is 1.00 bits per heavy atom.